The molecule has 3 atom stereocenters. The molecule has 1 heterocycles. The lowest BCUT2D eigenvalue weighted by molar-refractivity contribution is -0.158. The van der Waals surface area contributed by atoms with E-state index in [0.717, 1.165) is 21.6 Å². The minimum absolute atomic E-state index is 0.0968. The number of carbonyl (C=O) groups excluding carboxylic acids is 3. The molecule has 1 fully saturated rings. The van der Waals surface area contributed by atoms with Crippen LogP contribution >= 0.6 is 0 Å². The quantitative estimate of drug-likeness (QED) is 0.602. The summed E-state index contributed by atoms with van der Waals surface area (Å²) in [5.41, 5.74) is 3.04. The van der Waals surface area contributed by atoms with Crippen LogP contribution in [0.4, 0.5) is 0 Å². The molecule has 0 spiro atoms. The first kappa shape index (κ1) is 18.8. The smallest absolute Gasteiger partial charge is 0.329 e. The van der Waals surface area contributed by atoms with Gasteiger partial charge in [0, 0.05) is 11.8 Å². The van der Waals surface area contributed by atoms with Gasteiger partial charge in [-0.05, 0) is 23.6 Å². The van der Waals surface area contributed by atoms with Gasteiger partial charge < -0.3 is 4.74 Å². The molecule has 2 aromatic carbocycles. The van der Waals surface area contributed by atoms with Gasteiger partial charge in [0.2, 0.25) is 11.8 Å². The monoisotopic (exact) mass is 365 g/mol. The zero-order chi connectivity index (χ0) is 19.6. The minimum Gasteiger partial charge on any atom is -0.459 e. The van der Waals surface area contributed by atoms with Crippen LogP contribution < -0.4 is 0 Å². The fourth-order valence-electron chi connectivity index (χ4n) is 3.16. The van der Waals surface area contributed by atoms with Crippen molar-refractivity contribution in [3.63, 3.8) is 0 Å². The van der Waals surface area contributed by atoms with Gasteiger partial charge in [-0.15, -0.1) is 0 Å². The summed E-state index contributed by atoms with van der Waals surface area (Å²) in [4.78, 5) is 37.8. The standard InChI is InChI=1S/C22H23NO4/c1-14-15(2)21(25)23(20(14)24)16(3)22(26)27-13-17-9-11-19(12-10-17)18-7-5-4-6-8-18/h4-12,14-16H,13H2,1-3H3/t14?,15?,16-/m0/s1. The molecule has 1 saturated heterocycles. The number of imide groups is 1. The summed E-state index contributed by atoms with van der Waals surface area (Å²) in [6.45, 7) is 5.04. The summed E-state index contributed by atoms with van der Waals surface area (Å²) in [5.74, 6) is -2.02. The highest BCUT2D eigenvalue weighted by Gasteiger charge is 2.46. The topological polar surface area (TPSA) is 63.7 Å². The minimum atomic E-state index is -0.916. The first-order chi connectivity index (χ1) is 12.9. The average Bonchev–Trinajstić information content (AvgIpc) is 2.89. The van der Waals surface area contributed by atoms with E-state index in [-0.39, 0.29) is 18.4 Å². The van der Waals surface area contributed by atoms with Crippen molar-refractivity contribution in [3.8, 4) is 11.1 Å². The molecule has 140 valence electrons. The first-order valence-corrected chi connectivity index (χ1v) is 9.08. The van der Waals surface area contributed by atoms with Crippen molar-refractivity contribution in [2.45, 2.75) is 33.4 Å². The largest absolute Gasteiger partial charge is 0.459 e. The Kier molecular flexibility index (Phi) is 5.40. The number of amides is 2. The second-order valence-corrected chi connectivity index (χ2v) is 6.97. The van der Waals surface area contributed by atoms with Gasteiger partial charge in [-0.3, -0.25) is 14.5 Å². The molecule has 0 radical (unpaired) electrons. The highest BCUT2D eigenvalue weighted by Crippen LogP contribution is 2.27. The van der Waals surface area contributed by atoms with E-state index in [1.807, 2.05) is 54.6 Å². The second-order valence-electron chi connectivity index (χ2n) is 6.97. The van der Waals surface area contributed by atoms with Gasteiger partial charge >= 0.3 is 5.97 Å². The Labute approximate surface area is 158 Å². The van der Waals surface area contributed by atoms with Crippen molar-refractivity contribution in [1.82, 2.24) is 4.90 Å². The zero-order valence-corrected chi connectivity index (χ0v) is 15.7. The first-order valence-electron chi connectivity index (χ1n) is 9.08. The van der Waals surface area contributed by atoms with Gasteiger partial charge in [-0.25, -0.2) is 4.79 Å². The van der Waals surface area contributed by atoms with Crippen LogP contribution in [0.3, 0.4) is 0 Å². The third kappa shape index (κ3) is 3.77. The van der Waals surface area contributed by atoms with Crippen molar-refractivity contribution < 1.29 is 19.1 Å². The molecule has 5 heteroatoms. The Morgan fingerprint density at radius 3 is 2.00 bits per heavy atom. The number of rotatable bonds is 5. The van der Waals surface area contributed by atoms with Crippen LogP contribution in [0.5, 0.6) is 0 Å². The summed E-state index contributed by atoms with van der Waals surface area (Å²) in [7, 11) is 0. The number of esters is 1. The Morgan fingerprint density at radius 1 is 0.926 bits per heavy atom. The summed E-state index contributed by atoms with van der Waals surface area (Å²) in [6, 6.07) is 16.8. The van der Waals surface area contributed by atoms with Crippen LogP contribution in [0.25, 0.3) is 11.1 Å². The van der Waals surface area contributed by atoms with E-state index in [0.29, 0.717) is 0 Å². The maximum absolute atomic E-state index is 12.3. The number of hydrogen-bond donors (Lipinski definition) is 0. The van der Waals surface area contributed by atoms with Crippen LogP contribution in [0, 0.1) is 11.8 Å². The van der Waals surface area contributed by atoms with Gasteiger partial charge in [-0.1, -0.05) is 68.4 Å². The molecule has 2 amide bonds. The Bertz CT molecular complexity index is 824. The number of likely N-dealkylation sites (tertiary alicyclic amines) is 1. The number of benzene rings is 2. The molecule has 2 aromatic rings. The van der Waals surface area contributed by atoms with Gasteiger partial charge in [0.05, 0.1) is 0 Å². The lowest BCUT2D eigenvalue weighted by atomic mass is 10.00. The van der Waals surface area contributed by atoms with Crippen molar-refractivity contribution >= 4 is 17.8 Å². The molecule has 0 aromatic heterocycles. The van der Waals surface area contributed by atoms with E-state index in [2.05, 4.69) is 0 Å². The fraction of sp³-hybridized carbons (Fsp3) is 0.318. The van der Waals surface area contributed by atoms with Gasteiger partial charge in [-0.2, -0.15) is 0 Å². The molecule has 0 aliphatic carbocycles. The molecule has 0 saturated carbocycles. The third-order valence-corrected chi connectivity index (χ3v) is 5.17. The maximum atomic E-state index is 12.3. The molecule has 3 rings (SSSR count). The summed E-state index contributed by atoms with van der Waals surface area (Å²) < 4.78 is 5.33. The SMILES string of the molecule is CC1C(=O)N([C@@H](C)C(=O)OCc2ccc(-c3ccccc3)cc2)C(=O)C1C. The lowest BCUT2D eigenvalue weighted by Gasteiger charge is -2.21. The Balaban J connectivity index is 1.60. The molecule has 27 heavy (non-hydrogen) atoms. The summed E-state index contributed by atoms with van der Waals surface area (Å²) in [5, 5.41) is 0. The third-order valence-electron chi connectivity index (χ3n) is 5.17. The van der Waals surface area contributed by atoms with E-state index in [1.165, 1.54) is 6.92 Å². The molecule has 0 bridgehead atoms. The fourth-order valence-corrected chi connectivity index (χ4v) is 3.16. The highest BCUT2D eigenvalue weighted by molar-refractivity contribution is 6.07. The molecular formula is C22H23NO4. The molecule has 2 unspecified atom stereocenters. The van der Waals surface area contributed by atoms with E-state index in [9.17, 15) is 14.4 Å². The highest BCUT2D eigenvalue weighted by atomic mass is 16.5. The number of nitrogens with zero attached hydrogens (tertiary/aromatic N) is 1. The average molecular weight is 365 g/mol. The van der Waals surface area contributed by atoms with Crippen molar-refractivity contribution in [3.05, 3.63) is 60.2 Å². The van der Waals surface area contributed by atoms with E-state index < -0.39 is 23.8 Å². The Morgan fingerprint density at radius 2 is 1.44 bits per heavy atom. The van der Waals surface area contributed by atoms with Crippen LogP contribution in [0.1, 0.15) is 26.3 Å². The van der Waals surface area contributed by atoms with Crippen LogP contribution in [0.2, 0.25) is 0 Å². The Hall–Kier alpha value is -2.95. The molecule has 1 aliphatic rings. The van der Waals surface area contributed by atoms with Crippen LogP contribution in [0.15, 0.2) is 54.6 Å². The van der Waals surface area contributed by atoms with Gasteiger partial charge in [0.1, 0.15) is 12.6 Å². The second kappa shape index (κ2) is 7.74. The van der Waals surface area contributed by atoms with E-state index in [1.54, 1.807) is 13.8 Å². The summed E-state index contributed by atoms with van der Waals surface area (Å²) in [6.07, 6.45) is 0. The predicted octanol–water partition coefficient (Wildman–Crippen LogP) is 3.43. The van der Waals surface area contributed by atoms with Crippen LogP contribution in [-0.4, -0.2) is 28.7 Å². The van der Waals surface area contributed by atoms with Crippen molar-refractivity contribution in [2.75, 3.05) is 0 Å². The van der Waals surface area contributed by atoms with Gasteiger partial charge in [0.25, 0.3) is 0 Å². The van der Waals surface area contributed by atoms with E-state index in [4.69, 9.17) is 4.74 Å². The number of ether oxygens (including phenoxy) is 1. The molecule has 0 N–H and O–H groups in total. The van der Waals surface area contributed by atoms with Crippen molar-refractivity contribution in [2.24, 2.45) is 11.8 Å². The zero-order valence-electron chi connectivity index (χ0n) is 15.7. The van der Waals surface area contributed by atoms with Gasteiger partial charge in [0.15, 0.2) is 0 Å². The molecule has 5 nitrogen and oxygen atoms in total. The molecular weight excluding hydrogens is 342 g/mol. The van der Waals surface area contributed by atoms with Crippen molar-refractivity contribution in [1.29, 1.82) is 0 Å². The maximum Gasteiger partial charge on any atom is 0.329 e. The number of carbonyl (C=O) groups is 3. The molecule has 1 aliphatic heterocycles. The van der Waals surface area contributed by atoms with E-state index >= 15 is 0 Å². The van der Waals surface area contributed by atoms with Crippen LogP contribution in [-0.2, 0) is 25.7 Å². The predicted molar refractivity (Wildman–Crippen MR) is 101 cm³/mol. The summed E-state index contributed by atoms with van der Waals surface area (Å²) >= 11 is 0. The number of hydrogen-bond acceptors (Lipinski definition) is 4. The normalized spacial score (nSPS) is 20.6. The lowest BCUT2D eigenvalue weighted by Crippen LogP contribution is -2.44.